The van der Waals surface area contributed by atoms with E-state index in [1.807, 2.05) is 6.92 Å². The predicted molar refractivity (Wildman–Crippen MR) is 32.7 cm³/mol. The molecular formula is C5H13NO3. The van der Waals surface area contributed by atoms with E-state index in [1.54, 1.807) is 0 Å². The lowest BCUT2D eigenvalue weighted by Gasteiger charge is -2.04. The molecule has 56 valence electrons. The minimum absolute atomic E-state index is 0.464. The number of aliphatic hydroxyl groups is 2. The Morgan fingerprint density at radius 2 is 2.22 bits per heavy atom. The van der Waals surface area contributed by atoms with Gasteiger partial charge in [-0.2, -0.15) is 0 Å². The molecule has 0 amide bonds. The zero-order valence-corrected chi connectivity index (χ0v) is 5.50. The maximum absolute atomic E-state index is 8.24. The molecule has 0 heterocycles. The van der Waals surface area contributed by atoms with Crippen LogP contribution in [0.5, 0.6) is 0 Å². The number of aliphatic hydroxyl groups excluding tert-OH is 1. The molecule has 0 fully saturated rings. The molecule has 0 aliphatic rings. The van der Waals surface area contributed by atoms with Gasteiger partial charge in [-0.25, -0.2) is 0 Å². The minimum atomic E-state index is -1.43. The highest BCUT2D eigenvalue weighted by atomic mass is 16.5. The second-order valence-corrected chi connectivity index (χ2v) is 1.52. The van der Waals surface area contributed by atoms with Crippen LogP contribution in [-0.4, -0.2) is 36.4 Å². The van der Waals surface area contributed by atoms with E-state index in [4.69, 9.17) is 14.9 Å². The average Bonchev–Trinajstić information content (AvgIpc) is 1.80. The van der Waals surface area contributed by atoms with E-state index in [1.165, 1.54) is 0 Å². The van der Waals surface area contributed by atoms with Crippen molar-refractivity contribution in [2.24, 2.45) is 0 Å². The third-order valence-electron chi connectivity index (χ3n) is 0.777. The highest BCUT2D eigenvalue weighted by Gasteiger charge is 1.91. The molecule has 0 aliphatic heterocycles. The summed E-state index contributed by atoms with van der Waals surface area (Å²) in [5.74, 6) is 0. The van der Waals surface area contributed by atoms with Gasteiger partial charge >= 0.3 is 0 Å². The van der Waals surface area contributed by atoms with Gasteiger partial charge in [0.15, 0.2) is 0 Å². The summed E-state index contributed by atoms with van der Waals surface area (Å²) in [4.78, 5) is 0. The lowest BCUT2D eigenvalue weighted by atomic mass is 10.7. The van der Waals surface area contributed by atoms with Crippen molar-refractivity contribution < 1.29 is 14.9 Å². The lowest BCUT2D eigenvalue weighted by molar-refractivity contribution is -0.0687. The Morgan fingerprint density at radius 3 is 2.67 bits per heavy atom. The fourth-order valence-corrected chi connectivity index (χ4v) is 0.405. The normalized spacial score (nSPS) is 10.7. The fourth-order valence-electron chi connectivity index (χ4n) is 0.405. The Labute approximate surface area is 54.5 Å². The molecule has 0 atom stereocenters. The van der Waals surface area contributed by atoms with Gasteiger partial charge in [0.1, 0.15) is 0 Å². The van der Waals surface area contributed by atoms with E-state index in [2.05, 4.69) is 5.32 Å². The summed E-state index contributed by atoms with van der Waals surface area (Å²) in [6.45, 7) is 3.51. The van der Waals surface area contributed by atoms with E-state index in [0.717, 1.165) is 0 Å². The Kier molecular flexibility index (Phi) is 5.86. The number of nitrogens with one attached hydrogen (secondary N) is 1. The summed E-state index contributed by atoms with van der Waals surface area (Å²) in [6.07, 6.45) is -1.43. The molecule has 0 spiro atoms. The Bertz CT molecular complexity index is 58.2. The molecule has 0 rings (SSSR count). The maximum atomic E-state index is 8.24. The van der Waals surface area contributed by atoms with Crippen LogP contribution in [0.1, 0.15) is 6.92 Å². The van der Waals surface area contributed by atoms with Crippen LogP contribution in [0.25, 0.3) is 0 Å². The fraction of sp³-hybridized carbons (Fsp3) is 1.00. The average molecular weight is 135 g/mol. The Hall–Kier alpha value is -0.160. The van der Waals surface area contributed by atoms with Crippen molar-refractivity contribution in [2.75, 3.05) is 19.8 Å². The second-order valence-electron chi connectivity index (χ2n) is 1.52. The summed E-state index contributed by atoms with van der Waals surface area (Å²) in [6, 6.07) is 0. The van der Waals surface area contributed by atoms with Crippen molar-refractivity contribution in [1.29, 1.82) is 0 Å². The molecule has 0 saturated carbocycles. The first-order valence-electron chi connectivity index (χ1n) is 2.94. The molecule has 4 heteroatoms. The van der Waals surface area contributed by atoms with Crippen LogP contribution in [0, 0.1) is 0 Å². The topological polar surface area (TPSA) is 61.7 Å². The molecule has 0 bridgehead atoms. The first kappa shape index (κ1) is 8.84. The third kappa shape index (κ3) is 7.84. The summed E-state index contributed by atoms with van der Waals surface area (Å²) < 4.78 is 4.90. The Balaban J connectivity index is 2.75. The summed E-state index contributed by atoms with van der Waals surface area (Å²) >= 11 is 0. The van der Waals surface area contributed by atoms with E-state index in [-0.39, 0.29) is 0 Å². The van der Waals surface area contributed by atoms with Gasteiger partial charge in [-0.3, -0.25) is 5.32 Å². The summed E-state index contributed by atoms with van der Waals surface area (Å²) in [7, 11) is 0. The van der Waals surface area contributed by atoms with Gasteiger partial charge in [0.05, 0.1) is 6.61 Å². The minimum Gasteiger partial charge on any atom is -0.380 e. The molecule has 0 aromatic carbocycles. The number of hydrogen-bond acceptors (Lipinski definition) is 4. The molecule has 3 N–H and O–H groups in total. The predicted octanol–water partition coefficient (Wildman–Crippen LogP) is -1.12. The van der Waals surface area contributed by atoms with Gasteiger partial charge < -0.3 is 14.9 Å². The Morgan fingerprint density at radius 1 is 1.56 bits per heavy atom. The molecule has 0 radical (unpaired) electrons. The van der Waals surface area contributed by atoms with Crippen molar-refractivity contribution in [2.45, 2.75) is 13.3 Å². The molecule has 0 unspecified atom stereocenters. The smallest absolute Gasteiger partial charge is 0.211 e. The molecular weight excluding hydrogens is 122 g/mol. The lowest BCUT2D eigenvalue weighted by Crippen LogP contribution is -2.31. The van der Waals surface area contributed by atoms with Gasteiger partial charge in [-0.1, -0.05) is 0 Å². The number of ether oxygens (including phenoxy) is 1. The van der Waals surface area contributed by atoms with Gasteiger partial charge in [0.2, 0.25) is 6.41 Å². The molecule has 0 aromatic heterocycles. The van der Waals surface area contributed by atoms with Crippen molar-refractivity contribution >= 4 is 0 Å². The zero-order valence-electron chi connectivity index (χ0n) is 5.50. The van der Waals surface area contributed by atoms with Crippen LogP contribution in [0.3, 0.4) is 0 Å². The highest BCUT2D eigenvalue weighted by molar-refractivity contribution is 4.38. The van der Waals surface area contributed by atoms with Crippen LogP contribution < -0.4 is 5.32 Å². The van der Waals surface area contributed by atoms with Gasteiger partial charge in [-0.05, 0) is 6.92 Å². The summed E-state index contributed by atoms with van der Waals surface area (Å²) in [5.41, 5.74) is 0. The molecule has 0 saturated heterocycles. The SMILES string of the molecule is CCOCCNC(O)O. The first-order valence-corrected chi connectivity index (χ1v) is 2.94. The zero-order chi connectivity index (χ0) is 7.11. The standard InChI is InChI=1S/C5H13NO3/c1-2-9-4-3-6-5(7)8/h5-8H,2-4H2,1H3. The van der Waals surface area contributed by atoms with Gasteiger partial charge in [-0.15, -0.1) is 0 Å². The van der Waals surface area contributed by atoms with Crippen molar-refractivity contribution in [3.05, 3.63) is 0 Å². The monoisotopic (exact) mass is 135 g/mol. The van der Waals surface area contributed by atoms with E-state index >= 15 is 0 Å². The van der Waals surface area contributed by atoms with Crippen LogP contribution in [0.4, 0.5) is 0 Å². The second kappa shape index (κ2) is 5.97. The van der Waals surface area contributed by atoms with Crippen molar-refractivity contribution in [3.63, 3.8) is 0 Å². The van der Waals surface area contributed by atoms with E-state index < -0.39 is 6.41 Å². The molecule has 4 nitrogen and oxygen atoms in total. The first-order chi connectivity index (χ1) is 4.27. The van der Waals surface area contributed by atoms with Crippen LogP contribution in [0.2, 0.25) is 0 Å². The third-order valence-corrected chi connectivity index (χ3v) is 0.777. The van der Waals surface area contributed by atoms with Crippen molar-refractivity contribution in [1.82, 2.24) is 5.32 Å². The van der Waals surface area contributed by atoms with Crippen molar-refractivity contribution in [3.8, 4) is 0 Å². The number of rotatable bonds is 5. The number of hydrogen-bond donors (Lipinski definition) is 3. The van der Waals surface area contributed by atoms with Crippen LogP contribution in [0.15, 0.2) is 0 Å². The maximum Gasteiger partial charge on any atom is 0.211 e. The molecule has 0 aromatic rings. The quantitative estimate of drug-likeness (QED) is 0.330. The van der Waals surface area contributed by atoms with Gasteiger partial charge in [0.25, 0.3) is 0 Å². The summed E-state index contributed by atoms with van der Waals surface area (Å²) in [5, 5.41) is 18.8. The largest absolute Gasteiger partial charge is 0.380 e. The molecule has 9 heavy (non-hydrogen) atoms. The van der Waals surface area contributed by atoms with E-state index in [0.29, 0.717) is 19.8 Å². The van der Waals surface area contributed by atoms with Gasteiger partial charge in [0, 0.05) is 13.2 Å². The van der Waals surface area contributed by atoms with Crippen LogP contribution >= 0.6 is 0 Å². The van der Waals surface area contributed by atoms with Crippen LogP contribution in [-0.2, 0) is 4.74 Å². The highest BCUT2D eigenvalue weighted by Crippen LogP contribution is 1.71. The molecule has 0 aliphatic carbocycles. The van der Waals surface area contributed by atoms with E-state index in [9.17, 15) is 0 Å².